The van der Waals surface area contributed by atoms with Gasteiger partial charge in [-0.2, -0.15) is 4.37 Å². The molecule has 0 aliphatic carbocycles. The Labute approximate surface area is 113 Å². The predicted molar refractivity (Wildman–Crippen MR) is 77.4 cm³/mol. The second kappa shape index (κ2) is 5.70. The molecule has 0 aliphatic heterocycles. The average Bonchev–Trinajstić information content (AvgIpc) is 2.86. The van der Waals surface area contributed by atoms with E-state index in [1.54, 1.807) is 23.1 Å². The molecule has 92 valence electrons. The average molecular weight is 286 g/mol. The lowest BCUT2D eigenvalue weighted by molar-refractivity contribution is 0.987. The van der Waals surface area contributed by atoms with Crippen LogP contribution in [0.3, 0.4) is 0 Å². The minimum atomic E-state index is 0.620. The minimum Gasteiger partial charge on any atom is -0.382 e. The van der Waals surface area contributed by atoms with E-state index in [9.17, 15) is 0 Å². The van der Waals surface area contributed by atoms with E-state index in [0.29, 0.717) is 5.82 Å². The summed E-state index contributed by atoms with van der Waals surface area (Å²) in [4.78, 5) is 5.47. The fraction of sp³-hybridized carbons (Fsp3) is 0.400. The van der Waals surface area contributed by atoms with E-state index in [-0.39, 0.29) is 0 Å². The SMILES string of the molecule is CSc1c(N)nsc1NCCc1nc(C)cs1. The molecule has 0 spiro atoms. The number of thiazole rings is 1. The van der Waals surface area contributed by atoms with Crippen LogP contribution < -0.4 is 11.1 Å². The summed E-state index contributed by atoms with van der Waals surface area (Å²) in [6.45, 7) is 2.88. The maximum atomic E-state index is 5.77. The van der Waals surface area contributed by atoms with Gasteiger partial charge in [-0.15, -0.1) is 23.1 Å². The van der Waals surface area contributed by atoms with Crippen molar-refractivity contribution in [2.24, 2.45) is 0 Å². The Balaban J connectivity index is 1.89. The van der Waals surface area contributed by atoms with Crippen LogP contribution in [0.2, 0.25) is 0 Å². The van der Waals surface area contributed by atoms with Crippen molar-refractivity contribution in [3.05, 3.63) is 16.1 Å². The third-order valence-electron chi connectivity index (χ3n) is 2.17. The largest absolute Gasteiger partial charge is 0.382 e. The molecule has 0 aromatic carbocycles. The van der Waals surface area contributed by atoms with E-state index in [1.807, 2.05) is 13.2 Å². The van der Waals surface area contributed by atoms with Crippen LogP contribution >= 0.6 is 34.6 Å². The Morgan fingerprint density at radius 1 is 1.53 bits per heavy atom. The van der Waals surface area contributed by atoms with Crippen LogP contribution in [0.15, 0.2) is 10.3 Å². The van der Waals surface area contributed by atoms with Gasteiger partial charge in [0.15, 0.2) is 5.82 Å². The van der Waals surface area contributed by atoms with Gasteiger partial charge in [-0.25, -0.2) is 4.98 Å². The van der Waals surface area contributed by atoms with Crippen LogP contribution in [0, 0.1) is 6.92 Å². The topological polar surface area (TPSA) is 63.8 Å². The van der Waals surface area contributed by atoms with Gasteiger partial charge in [0.1, 0.15) is 5.00 Å². The van der Waals surface area contributed by atoms with Crippen molar-refractivity contribution >= 4 is 45.5 Å². The van der Waals surface area contributed by atoms with Crippen molar-refractivity contribution in [3.8, 4) is 0 Å². The zero-order valence-electron chi connectivity index (χ0n) is 9.69. The molecule has 2 aromatic rings. The molecule has 4 nitrogen and oxygen atoms in total. The first-order valence-electron chi connectivity index (χ1n) is 5.14. The highest BCUT2D eigenvalue weighted by Crippen LogP contribution is 2.34. The van der Waals surface area contributed by atoms with Crippen molar-refractivity contribution in [2.75, 3.05) is 23.9 Å². The van der Waals surface area contributed by atoms with Crippen molar-refractivity contribution in [1.82, 2.24) is 9.36 Å². The van der Waals surface area contributed by atoms with Crippen LogP contribution in [0.4, 0.5) is 10.8 Å². The van der Waals surface area contributed by atoms with E-state index in [1.165, 1.54) is 11.5 Å². The first-order chi connectivity index (χ1) is 8.20. The Kier molecular flexibility index (Phi) is 4.25. The van der Waals surface area contributed by atoms with Crippen LogP contribution in [-0.4, -0.2) is 22.2 Å². The van der Waals surface area contributed by atoms with E-state index >= 15 is 0 Å². The number of thioether (sulfide) groups is 1. The zero-order valence-corrected chi connectivity index (χ0v) is 12.1. The standard InChI is InChI=1S/C10H14N4S3/c1-6-5-16-7(13-6)3-4-12-10-8(15-2)9(11)14-17-10/h5,12H,3-4H2,1-2H3,(H2,11,14). The summed E-state index contributed by atoms with van der Waals surface area (Å²) >= 11 is 4.75. The Bertz CT molecular complexity index is 491. The third kappa shape index (κ3) is 3.11. The Hall–Kier alpha value is -0.790. The van der Waals surface area contributed by atoms with Crippen LogP contribution in [0.1, 0.15) is 10.7 Å². The fourth-order valence-electron chi connectivity index (χ4n) is 1.40. The molecule has 0 atom stereocenters. The number of anilines is 2. The monoisotopic (exact) mass is 286 g/mol. The molecule has 0 radical (unpaired) electrons. The molecule has 0 fully saturated rings. The molecule has 17 heavy (non-hydrogen) atoms. The van der Waals surface area contributed by atoms with Crippen molar-refractivity contribution in [1.29, 1.82) is 0 Å². The quantitative estimate of drug-likeness (QED) is 0.828. The van der Waals surface area contributed by atoms with Crippen LogP contribution in [-0.2, 0) is 6.42 Å². The second-order valence-corrected chi connectivity index (χ2v) is 6.02. The first kappa shape index (κ1) is 12.7. The second-order valence-electron chi connectivity index (χ2n) is 3.49. The highest BCUT2D eigenvalue weighted by atomic mass is 32.2. The van der Waals surface area contributed by atoms with Gasteiger partial charge in [0, 0.05) is 24.0 Å². The van der Waals surface area contributed by atoms with Crippen LogP contribution in [0.5, 0.6) is 0 Å². The third-order valence-corrected chi connectivity index (χ3v) is 4.97. The molecule has 7 heteroatoms. The van der Waals surface area contributed by atoms with E-state index in [2.05, 4.69) is 20.1 Å². The highest BCUT2D eigenvalue weighted by Gasteiger charge is 2.09. The molecule has 2 heterocycles. The van der Waals surface area contributed by atoms with Gasteiger partial charge in [0.2, 0.25) is 0 Å². The normalized spacial score (nSPS) is 10.7. The number of rotatable bonds is 5. The van der Waals surface area contributed by atoms with Gasteiger partial charge in [-0.1, -0.05) is 0 Å². The predicted octanol–water partition coefficient (Wildman–Crippen LogP) is 2.87. The molecule has 2 rings (SSSR count). The number of nitrogens with two attached hydrogens (primary N) is 1. The minimum absolute atomic E-state index is 0.620. The van der Waals surface area contributed by atoms with Crippen molar-refractivity contribution in [3.63, 3.8) is 0 Å². The van der Waals surface area contributed by atoms with Gasteiger partial charge in [0.05, 0.1) is 9.90 Å². The van der Waals surface area contributed by atoms with Gasteiger partial charge < -0.3 is 11.1 Å². The van der Waals surface area contributed by atoms with E-state index in [4.69, 9.17) is 5.73 Å². The van der Waals surface area contributed by atoms with Crippen molar-refractivity contribution in [2.45, 2.75) is 18.2 Å². The molecule has 0 amide bonds. The summed E-state index contributed by atoms with van der Waals surface area (Å²) in [6, 6.07) is 0. The van der Waals surface area contributed by atoms with Crippen LogP contribution in [0.25, 0.3) is 0 Å². The smallest absolute Gasteiger partial charge is 0.153 e. The summed E-state index contributed by atoms with van der Waals surface area (Å²) in [5.41, 5.74) is 6.86. The highest BCUT2D eigenvalue weighted by molar-refractivity contribution is 7.99. The summed E-state index contributed by atoms with van der Waals surface area (Å²) in [7, 11) is 0. The van der Waals surface area contributed by atoms with Gasteiger partial charge in [-0.05, 0) is 24.7 Å². The molecule has 3 N–H and O–H groups in total. The molecule has 0 aliphatic rings. The molecular weight excluding hydrogens is 272 g/mol. The van der Waals surface area contributed by atoms with Gasteiger partial charge >= 0.3 is 0 Å². The molecule has 0 saturated carbocycles. The Morgan fingerprint density at radius 3 is 3.00 bits per heavy atom. The lowest BCUT2D eigenvalue weighted by Crippen LogP contribution is -2.04. The van der Waals surface area contributed by atoms with Crippen molar-refractivity contribution < 1.29 is 0 Å². The summed E-state index contributed by atoms with van der Waals surface area (Å²) < 4.78 is 4.14. The van der Waals surface area contributed by atoms with Gasteiger partial charge in [-0.3, -0.25) is 0 Å². The van der Waals surface area contributed by atoms with E-state index < -0.39 is 0 Å². The molecular formula is C10H14N4S3. The maximum absolute atomic E-state index is 5.77. The van der Waals surface area contributed by atoms with E-state index in [0.717, 1.165) is 33.6 Å². The molecule has 0 bridgehead atoms. The number of hydrogen-bond donors (Lipinski definition) is 2. The maximum Gasteiger partial charge on any atom is 0.153 e. The zero-order chi connectivity index (χ0) is 12.3. The number of nitrogen functional groups attached to an aromatic ring is 1. The number of hydrogen-bond acceptors (Lipinski definition) is 7. The van der Waals surface area contributed by atoms with Gasteiger partial charge in [0.25, 0.3) is 0 Å². The summed E-state index contributed by atoms with van der Waals surface area (Å²) in [5.74, 6) is 0.620. The lowest BCUT2D eigenvalue weighted by atomic mass is 10.4. The first-order valence-corrected chi connectivity index (χ1v) is 8.02. The molecule has 0 saturated heterocycles. The Morgan fingerprint density at radius 2 is 2.35 bits per heavy atom. The number of nitrogens with one attached hydrogen (secondary N) is 1. The lowest BCUT2D eigenvalue weighted by Gasteiger charge is -2.03. The number of aryl methyl sites for hydroxylation is 1. The summed E-state index contributed by atoms with van der Waals surface area (Å²) in [5, 5.41) is 7.66. The molecule has 0 unspecified atom stereocenters. The molecule has 2 aromatic heterocycles. The number of aromatic nitrogens is 2. The number of nitrogens with zero attached hydrogens (tertiary/aromatic N) is 2. The fourth-order valence-corrected chi connectivity index (χ4v) is 3.75. The summed E-state index contributed by atoms with van der Waals surface area (Å²) in [6.07, 6.45) is 2.94.